The third-order valence-corrected chi connectivity index (χ3v) is 4.22. The molecule has 2 heterocycles. The molecule has 1 aliphatic carbocycles. The van der Waals surface area contributed by atoms with E-state index < -0.39 is 9.84 Å². The molecule has 2 aromatic rings. The first kappa shape index (κ1) is 12.3. The zero-order valence-electron chi connectivity index (χ0n) is 10.6. The van der Waals surface area contributed by atoms with Crippen LogP contribution in [0.2, 0.25) is 0 Å². The molecule has 0 spiro atoms. The number of nitrogens with zero attached hydrogens (tertiary/aromatic N) is 3. The van der Waals surface area contributed by atoms with Crippen LogP contribution in [0.25, 0.3) is 11.4 Å². The van der Waals surface area contributed by atoms with Gasteiger partial charge in [-0.05, 0) is 24.5 Å². The second kappa shape index (κ2) is 4.12. The molecule has 0 aliphatic heterocycles. The summed E-state index contributed by atoms with van der Waals surface area (Å²) in [6.07, 6.45) is 3.61. The van der Waals surface area contributed by atoms with Crippen LogP contribution in [-0.2, 0) is 9.84 Å². The monoisotopic (exact) mass is 279 g/mol. The van der Waals surface area contributed by atoms with E-state index in [-0.39, 0.29) is 5.03 Å². The van der Waals surface area contributed by atoms with Crippen LogP contribution in [0, 0.1) is 5.92 Å². The predicted octanol–water partition coefficient (Wildman–Crippen LogP) is 1.66. The Morgan fingerprint density at radius 1 is 1.42 bits per heavy atom. The minimum atomic E-state index is -3.34. The average molecular weight is 279 g/mol. The van der Waals surface area contributed by atoms with E-state index in [0.717, 1.165) is 12.7 Å². The van der Waals surface area contributed by atoms with Crippen LogP contribution < -0.4 is 0 Å². The van der Waals surface area contributed by atoms with Gasteiger partial charge < -0.3 is 4.52 Å². The van der Waals surface area contributed by atoms with E-state index in [2.05, 4.69) is 22.0 Å². The van der Waals surface area contributed by atoms with Crippen molar-refractivity contribution >= 4 is 9.84 Å². The molecule has 3 rings (SSSR count). The third-order valence-electron chi connectivity index (χ3n) is 3.24. The van der Waals surface area contributed by atoms with Gasteiger partial charge in [0.15, 0.2) is 14.9 Å². The zero-order valence-corrected chi connectivity index (χ0v) is 11.4. The molecule has 2 atom stereocenters. The molecule has 0 bridgehead atoms. The maximum atomic E-state index is 11.5. The van der Waals surface area contributed by atoms with Gasteiger partial charge in [-0.3, -0.25) is 0 Å². The Morgan fingerprint density at radius 2 is 2.16 bits per heavy atom. The first-order valence-corrected chi connectivity index (χ1v) is 7.84. The Labute approximate surface area is 110 Å². The van der Waals surface area contributed by atoms with E-state index in [1.807, 2.05) is 0 Å². The highest BCUT2D eigenvalue weighted by Crippen LogP contribution is 2.46. The molecule has 2 unspecified atom stereocenters. The Kier molecular flexibility index (Phi) is 2.67. The summed E-state index contributed by atoms with van der Waals surface area (Å²) in [6.45, 7) is 2.13. The van der Waals surface area contributed by atoms with Gasteiger partial charge in [-0.2, -0.15) is 4.98 Å². The molecule has 6 nitrogen and oxygen atoms in total. The topological polar surface area (TPSA) is 86.0 Å². The van der Waals surface area contributed by atoms with E-state index in [1.54, 1.807) is 6.07 Å². The second-order valence-electron chi connectivity index (χ2n) is 4.93. The molecule has 100 valence electrons. The van der Waals surface area contributed by atoms with Crippen molar-refractivity contribution in [2.45, 2.75) is 24.3 Å². The van der Waals surface area contributed by atoms with Gasteiger partial charge in [-0.1, -0.05) is 12.1 Å². The Morgan fingerprint density at radius 3 is 2.79 bits per heavy atom. The van der Waals surface area contributed by atoms with Crippen molar-refractivity contribution < 1.29 is 12.9 Å². The van der Waals surface area contributed by atoms with Crippen LogP contribution in [0.1, 0.15) is 25.2 Å². The molecular weight excluding hydrogens is 266 g/mol. The van der Waals surface area contributed by atoms with E-state index in [9.17, 15) is 8.42 Å². The minimum absolute atomic E-state index is 0.0103. The van der Waals surface area contributed by atoms with Gasteiger partial charge in [0.05, 0.1) is 0 Å². The lowest BCUT2D eigenvalue weighted by Gasteiger charge is -1.98. The molecule has 0 N–H and O–H groups in total. The number of pyridine rings is 1. The summed E-state index contributed by atoms with van der Waals surface area (Å²) < 4.78 is 28.1. The van der Waals surface area contributed by atoms with Crippen LogP contribution >= 0.6 is 0 Å². The number of sulfone groups is 1. The highest BCUT2D eigenvalue weighted by Gasteiger charge is 2.39. The molecule has 1 fully saturated rings. The summed E-state index contributed by atoms with van der Waals surface area (Å²) >= 11 is 0. The molecule has 0 saturated heterocycles. The van der Waals surface area contributed by atoms with E-state index in [1.165, 1.54) is 12.3 Å². The molecule has 1 aliphatic rings. The maximum Gasteiger partial charge on any atom is 0.230 e. The molecule has 0 aromatic carbocycles. The van der Waals surface area contributed by atoms with Gasteiger partial charge in [0.1, 0.15) is 0 Å². The largest absolute Gasteiger partial charge is 0.339 e. The summed E-state index contributed by atoms with van der Waals surface area (Å²) in [7, 11) is -3.34. The smallest absolute Gasteiger partial charge is 0.230 e. The van der Waals surface area contributed by atoms with Crippen molar-refractivity contribution in [2.24, 2.45) is 5.92 Å². The van der Waals surface area contributed by atoms with Crippen LogP contribution in [0.4, 0.5) is 0 Å². The molecule has 2 aromatic heterocycles. The summed E-state index contributed by atoms with van der Waals surface area (Å²) in [5.74, 6) is 1.96. The van der Waals surface area contributed by atoms with Crippen molar-refractivity contribution in [1.82, 2.24) is 15.1 Å². The Hall–Kier alpha value is -1.76. The molecule has 7 heteroatoms. The SMILES string of the molecule is CC1CC1c1nc(-c2ccnc(S(C)(=O)=O)c2)no1. The van der Waals surface area contributed by atoms with Crippen molar-refractivity contribution in [1.29, 1.82) is 0 Å². The number of aromatic nitrogens is 3. The maximum absolute atomic E-state index is 11.5. The fraction of sp³-hybridized carbons (Fsp3) is 0.417. The standard InChI is InChI=1S/C12H13N3O3S/c1-7-5-9(7)12-14-11(15-18-12)8-3-4-13-10(6-8)19(2,16)17/h3-4,6-7,9H,5H2,1-2H3. The van der Waals surface area contributed by atoms with Crippen molar-refractivity contribution in [3.8, 4) is 11.4 Å². The summed E-state index contributed by atoms with van der Waals surface area (Å²) in [4.78, 5) is 8.14. The third kappa shape index (κ3) is 2.37. The quantitative estimate of drug-likeness (QED) is 0.849. The van der Waals surface area contributed by atoms with Crippen LogP contribution in [0.15, 0.2) is 27.9 Å². The summed E-state index contributed by atoms with van der Waals surface area (Å²) in [5.41, 5.74) is 0.596. The highest BCUT2D eigenvalue weighted by molar-refractivity contribution is 7.90. The van der Waals surface area contributed by atoms with Gasteiger partial charge in [-0.25, -0.2) is 13.4 Å². The van der Waals surface area contributed by atoms with E-state index >= 15 is 0 Å². The van der Waals surface area contributed by atoms with Crippen LogP contribution in [0.3, 0.4) is 0 Å². The van der Waals surface area contributed by atoms with Crippen molar-refractivity contribution in [2.75, 3.05) is 6.26 Å². The van der Waals surface area contributed by atoms with Crippen molar-refractivity contribution in [3.63, 3.8) is 0 Å². The van der Waals surface area contributed by atoms with Crippen LogP contribution in [0.5, 0.6) is 0 Å². The normalized spacial score (nSPS) is 22.4. The van der Waals surface area contributed by atoms with Gasteiger partial charge in [0.25, 0.3) is 0 Å². The fourth-order valence-electron chi connectivity index (χ4n) is 1.92. The average Bonchev–Trinajstić information content (AvgIpc) is 2.91. The predicted molar refractivity (Wildman–Crippen MR) is 67.2 cm³/mol. The molecular formula is C12H13N3O3S. The first-order valence-electron chi connectivity index (χ1n) is 5.95. The zero-order chi connectivity index (χ0) is 13.6. The number of hydrogen-bond donors (Lipinski definition) is 0. The molecule has 19 heavy (non-hydrogen) atoms. The summed E-state index contributed by atoms with van der Waals surface area (Å²) in [5, 5.41) is 3.91. The molecule has 0 amide bonds. The van der Waals surface area contributed by atoms with Gasteiger partial charge in [0.2, 0.25) is 11.7 Å². The lowest BCUT2D eigenvalue weighted by atomic mass is 10.2. The van der Waals surface area contributed by atoms with E-state index in [0.29, 0.717) is 29.1 Å². The fourth-order valence-corrected chi connectivity index (χ4v) is 2.51. The first-order chi connectivity index (χ1) is 8.95. The lowest BCUT2D eigenvalue weighted by Crippen LogP contribution is -2.00. The number of rotatable bonds is 3. The van der Waals surface area contributed by atoms with Gasteiger partial charge in [-0.15, -0.1) is 0 Å². The molecule has 1 saturated carbocycles. The van der Waals surface area contributed by atoms with E-state index in [4.69, 9.17) is 4.52 Å². The van der Waals surface area contributed by atoms with Crippen LogP contribution in [-0.4, -0.2) is 29.8 Å². The molecule has 0 radical (unpaired) electrons. The van der Waals surface area contributed by atoms with Gasteiger partial charge >= 0.3 is 0 Å². The Bertz CT molecular complexity index is 723. The Balaban J connectivity index is 1.96. The highest BCUT2D eigenvalue weighted by atomic mass is 32.2. The van der Waals surface area contributed by atoms with Gasteiger partial charge in [0, 0.05) is 23.9 Å². The lowest BCUT2D eigenvalue weighted by molar-refractivity contribution is 0.377. The minimum Gasteiger partial charge on any atom is -0.339 e. The second-order valence-corrected chi connectivity index (χ2v) is 6.89. The summed E-state index contributed by atoms with van der Waals surface area (Å²) in [6, 6.07) is 3.12. The number of hydrogen-bond acceptors (Lipinski definition) is 6. The van der Waals surface area contributed by atoms with Crippen molar-refractivity contribution in [3.05, 3.63) is 24.2 Å².